The summed E-state index contributed by atoms with van der Waals surface area (Å²) in [4.78, 5) is 15.1. The molecule has 0 saturated heterocycles. The number of aromatic carboxylic acids is 1. The van der Waals surface area contributed by atoms with Gasteiger partial charge in [-0.3, -0.25) is 0 Å². The number of anilines is 1. The fourth-order valence-corrected chi connectivity index (χ4v) is 2.50. The minimum absolute atomic E-state index is 0.0646. The van der Waals surface area contributed by atoms with Crippen molar-refractivity contribution in [2.45, 2.75) is 39.2 Å². The van der Waals surface area contributed by atoms with Crippen LogP contribution in [0.3, 0.4) is 0 Å². The smallest absolute Gasteiger partial charge is 0.339 e. The lowest BCUT2D eigenvalue weighted by Gasteiger charge is -2.32. The van der Waals surface area contributed by atoms with Gasteiger partial charge in [-0.25, -0.2) is 9.78 Å². The van der Waals surface area contributed by atoms with E-state index in [-0.39, 0.29) is 17.5 Å². The van der Waals surface area contributed by atoms with Crippen molar-refractivity contribution in [3.8, 4) is 5.75 Å². The van der Waals surface area contributed by atoms with Gasteiger partial charge in [-0.05, 0) is 37.2 Å². The zero-order valence-corrected chi connectivity index (χ0v) is 11.3. The Morgan fingerprint density at radius 2 is 2.16 bits per heavy atom. The molecule has 0 amide bonds. The number of hydrogen-bond acceptors (Lipinski definition) is 4. The molecular formula is C14H20N2O3. The first-order chi connectivity index (χ1) is 8.97. The molecular weight excluding hydrogens is 244 g/mol. The molecule has 19 heavy (non-hydrogen) atoms. The van der Waals surface area contributed by atoms with Gasteiger partial charge in [0.2, 0.25) is 0 Å². The Kier molecular flexibility index (Phi) is 3.93. The summed E-state index contributed by atoms with van der Waals surface area (Å²) in [6, 6.07) is 1.34. The number of aromatic nitrogens is 1. The summed E-state index contributed by atoms with van der Waals surface area (Å²) in [6.45, 7) is 4.45. The number of ether oxygens (including phenoxy) is 1. The van der Waals surface area contributed by atoms with Gasteiger partial charge in [0.25, 0.3) is 0 Å². The second kappa shape index (κ2) is 5.47. The van der Waals surface area contributed by atoms with Crippen LogP contribution in [0.25, 0.3) is 0 Å². The normalized spacial score (nSPS) is 26.9. The van der Waals surface area contributed by atoms with E-state index in [2.05, 4.69) is 18.8 Å². The van der Waals surface area contributed by atoms with Gasteiger partial charge in [0, 0.05) is 0 Å². The molecule has 104 valence electrons. The van der Waals surface area contributed by atoms with Gasteiger partial charge in [0.1, 0.15) is 11.4 Å². The van der Waals surface area contributed by atoms with Crippen molar-refractivity contribution in [1.29, 1.82) is 0 Å². The van der Waals surface area contributed by atoms with E-state index in [1.807, 2.05) is 0 Å². The van der Waals surface area contributed by atoms with Crippen LogP contribution in [-0.4, -0.2) is 22.2 Å². The number of nitrogen functional groups attached to an aromatic ring is 1. The van der Waals surface area contributed by atoms with Crippen LogP contribution in [-0.2, 0) is 0 Å². The monoisotopic (exact) mass is 264 g/mol. The lowest BCUT2D eigenvalue weighted by molar-refractivity contribution is 0.0675. The molecule has 3 unspecified atom stereocenters. The highest BCUT2D eigenvalue weighted by atomic mass is 16.5. The maximum atomic E-state index is 11.2. The highest BCUT2D eigenvalue weighted by Gasteiger charge is 2.27. The van der Waals surface area contributed by atoms with Crippen molar-refractivity contribution in [1.82, 2.24) is 4.98 Å². The number of pyridine rings is 1. The number of carboxylic acids is 1. The van der Waals surface area contributed by atoms with Gasteiger partial charge in [0.15, 0.2) is 5.75 Å². The fourth-order valence-electron chi connectivity index (χ4n) is 2.50. The molecule has 1 fully saturated rings. The van der Waals surface area contributed by atoms with Crippen molar-refractivity contribution in [2.24, 2.45) is 11.8 Å². The molecule has 2 rings (SSSR count). The third kappa shape index (κ3) is 3.16. The molecule has 1 aromatic heterocycles. The lowest BCUT2D eigenvalue weighted by atomic mass is 9.80. The van der Waals surface area contributed by atoms with Crippen LogP contribution in [0.1, 0.15) is 43.5 Å². The summed E-state index contributed by atoms with van der Waals surface area (Å²) in [5, 5.41) is 9.15. The van der Waals surface area contributed by atoms with Crippen LogP contribution in [0.15, 0.2) is 12.3 Å². The molecule has 5 nitrogen and oxygen atoms in total. The molecule has 5 heteroatoms. The summed E-state index contributed by atoms with van der Waals surface area (Å²) in [5.41, 5.74) is 5.59. The van der Waals surface area contributed by atoms with Crippen LogP contribution < -0.4 is 10.5 Å². The Morgan fingerprint density at radius 1 is 1.42 bits per heavy atom. The first-order valence-corrected chi connectivity index (χ1v) is 6.63. The Bertz CT molecular complexity index is 476. The van der Waals surface area contributed by atoms with Crippen LogP contribution >= 0.6 is 0 Å². The molecule has 1 heterocycles. The van der Waals surface area contributed by atoms with Crippen molar-refractivity contribution in [3.05, 3.63) is 17.8 Å². The van der Waals surface area contributed by atoms with Crippen molar-refractivity contribution < 1.29 is 14.6 Å². The first kappa shape index (κ1) is 13.6. The summed E-state index contributed by atoms with van der Waals surface area (Å²) in [7, 11) is 0. The quantitative estimate of drug-likeness (QED) is 0.876. The van der Waals surface area contributed by atoms with E-state index in [9.17, 15) is 4.79 Å². The third-order valence-electron chi connectivity index (χ3n) is 3.96. The van der Waals surface area contributed by atoms with Gasteiger partial charge in [-0.2, -0.15) is 0 Å². The number of carbonyl (C=O) groups is 1. The molecule has 0 aliphatic heterocycles. The minimum atomic E-state index is -1.04. The second-order valence-corrected chi connectivity index (χ2v) is 5.42. The van der Waals surface area contributed by atoms with E-state index in [0.29, 0.717) is 17.6 Å². The van der Waals surface area contributed by atoms with E-state index in [4.69, 9.17) is 15.6 Å². The largest absolute Gasteiger partial charge is 0.488 e. The number of rotatable bonds is 3. The standard InChI is InChI=1S/C14H20N2O3/c1-8-3-4-10(5-9(8)2)19-12-7-16-13(15)6-11(12)14(17)18/h6-10H,3-5H2,1-2H3,(H2,15,16)(H,17,18). The molecule has 3 atom stereocenters. The highest BCUT2D eigenvalue weighted by molar-refractivity contribution is 5.91. The fraction of sp³-hybridized carbons (Fsp3) is 0.571. The van der Waals surface area contributed by atoms with Gasteiger partial charge >= 0.3 is 5.97 Å². The van der Waals surface area contributed by atoms with Gasteiger partial charge in [-0.15, -0.1) is 0 Å². The van der Waals surface area contributed by atoms with Gasteiger partial charge in [-0.1, -0.05) is 13.8 Å². The SMILES string of the molecule is CC1CCC(Oc2cnc(N)cc2C(=O)O)CC1C. The Labute approximate surface area is 112 Å². The zero-order chi connectivity index (χ0) is 14.0. The average Bonchev–Trinajstić information content (AvgIpc) is 2.36. The number of nitrogens with two attached hydrogens (primary N) is 1. The summed E-state index contributed by atoms with van der Waals surface area (Å²) >= 11 is 0. The predicted octanol–water partition coefficient (Wildman–Crippen LogP) is 2.57. The molecule has 1 aliphatic carbocycles. The van der Waals surface area contributed by atoms with E-state index < -0.39 is 5.97 Å². The molecule has 0 bridgehead atoms. The number of hydrogen-bond donors (Lipinski definition) is 2. The Morgan fingerprint density at radius 3 is 2.79 bits per heavy atom. The average molecular weight is 264 g/mol. The first-order valence-electron chi connectivity index (χ1n) is 6.63. The van der Waals surface area contributed by atoms with Crippen LogP contribution in [0.2, 0.25) is 0 Å². The highest BCUT2D eigenvalue weighted by Crippen LogP contribution is 2.32. The summed E-state index contributed by atoms with van der Waals surface area (Å²) in [6.07, 6.45) is 4.48. The van der Waals surface area contributed by atoms with Crippen molar-refractivity contribution >= 4 is 11.8 Å². The van der Waals surface area contributed by atoms with E-state index in [1.54, 1.807) is 0 Å². The van der Waals surface area contributed by atoms with Gasteiger partial charge in [0.05, 0.1) is 12.3 Å². The topological polar surface area (TPSA) is 85.4 Å². The maximum absolute atomic E-state index is 11.2. The molecule has 1 saturated carbocycles. The Balaban J connectivity index is 2.13. The van der Waals surface area contributed by atoms with Gasteiger partial charge < -0.3 is 15.6 Å². The predicted molar refractivity (Wildman–Crippen MR) is 72.2 cm³/mol. The van der Waals surface area contributed by atoms with Crippen LogP contribution in [0.4, 0.5) is 5.82 Å². The molecule has 0 spiro atoms. The van der Waals surface area contributed by atoms with Crippen LogP contribution in [0.5, 0.6) is 5.75 Å². The molecule has 0 aromatic carbocycles. The number of nitrogens with zero attached hydrogens (tertiary/aromatic N) is 1. The zero-order valence-electron chi connectivity index (χ0n) is 11.3. The molecule has 1 aromatic rings. The minimum Gasteiger partial charge on any atom is -0.488 e. The van der Waals surface area contributed by atoms with E-state index >= 15 is 0 Å². The molecule has 1 aliphatic rings. The van der Waals surface area contributed by atoms with Crippen LogP contribution in [0, 0.1) is 11.8 Å². The summed E-state index contributed by atoms with van der Waals surface area (Å²) < 4.78 is 5.82. The van der Waals surface area contributed by atoms with E-state index in [0.717, 1.165) is 19.3 Å². The summed E-state index contributed by atoms with van der Waals surface area (Å²) in [5.74, 6) is 0.752. The third-order valence-corrected chi connectivity index (χ3v) is 3.96. The maximum Gasteiger partial charge on any atom is 0.339 e. The van der Waals surface area contributed by atoms with Crippen molar-refractivity contribution in [3.63, 3.8) is 0 Å². The Hall–Kier alpha value is -1.78. The molecule has 3 N–H and O–H groups in total. The number of carboxylic acid groups (broad SMARTS) is 1. The second-order valence-electron chi connectivity index (χ2n) is 5.42. The molecule has 0 radical (unpaired) electrons. The lowest BCUT2D eigenvalue weighted by Crippen LogP contribution is -2.29. The van der Waals surface area contributed by atoms with Crippen molar-refractivity contribution in [2.75, 3.05) is 5.73 Å². The van der Waals surface area contributed by atoms with E-state index in [1.165, 1.54) is 12.3 Å².